The molecule has 1 saturated heterocycles. The lowest BCUT2D eigenvalue weighted by molar-refractivity contribution is 0.0526. The molecule has 3 aromatic rings. The van der Waals surface area contributed by atoms with Crippen LogP contribution in [0.3, 0.4) is 0 Å². The highest BCUT2D eigenvalue weighted by molar-refractivity contribution is 6.06. The fraction of sp³-hybridized carbons (Fsp3) is 0.360. The van der Waals surface area contributed by atoms with Crippen LogP contribution in [0.1, 0.15) is 35.3 Å². The predicted octanol–water partition coefficient (Wildman–Crippen LogP) is 4.30. The molecular formula is C25H29N3O2. The van der Waals surface area contributed by atoms with E-state index < -0.39 is 0 Å². The van der Waals surface area contributed by atoms with Crippen molar-refractivity contribution in [3.8, 4) is 0 Å². The van der Waals surface area contributed by atoms with E-state index in [1.165, 1.54) is 11.1 Å². The van der Waals surface area contributed by atoms with Crippen LogP contribution in [-0.4, -0.2) is 48.6 Å². The zero-order valence-electron chi connectivity index (χ0n) is 17.8. The number of hydrogen-bond donors (Lipinski definition) is 0. The minimum atomic E-state index is -0.296. The average Bonchev–Trinajstić information content (AvgIpc) is 2.79. The van der Waals surface area contributed by atoms with Gasteiger partial charge >= 0.3 is 5.97 Å². The molecule has 0 unspecified atom stereocenters. The quantitative estimate of drug-likeness (QED) is 0.575. The second kappa shape index (κ2) is 9.26. The van der Waals surface area contributed by atoms with E-state index in [1.54, 1.807) is 6.20 Å². The van der Waals surface area contributed by atoms with E-state index in [4.69, 9.17) is 4.74 Å². The van der Waals surface area contributed by atoms with Gasteiger partial charge < -0.3 is 9.64 Å². The Morgan fingerprint density at radius 1 is 1.00 bits per heavy atom. The van der Waals surface area contributed by atoms with Gasteiger partial charge in [0.1, 0.15) is 5.56 Å². The smallest absolute Gasteiger partial charge is 0.341 e. The Hall–Kier alpha value is -2.92. The molecule has 1 aromatic heterocycles. The summed E-state index contributed by atoms with van der Waals surface area (Å²) >= 11 is 0. The van der Waals surface area contributed by atoms with Gasteiger partial charge in [-0.1, -0.05) is 55.5 Å². The zero-order chi connectivity index (χ0) is 20.9. The highest BCUT2D eigenvalue weighted by atomic mass is 16.5. The number of piperazine rings is 1. The number of aryl methyl sites for hydroxylation is 1. The number of fused-ring (bicyclic) bond motifs is 1. The number of carbonyl (C=O) groups excluding carboxylic acids is 1. The number of rotatable bonds is 6. The molecule has 0 amide bonds. The molecule has 5 nitrogen and oxygen atoms in total. The number of pyridine rings is 1. The molecule has 156 valence electrons. The minimum absolute atomic E-state index is 0.296. The number of para-hydroxylation sites is 1. The van der Waals surface area contributed by atoms with E-state index in [1.807, 2.05) is 6.92 Å². The van der Waals surface area contributed by atoms with Crippen LogP contribution in [0.25, 0.3) is 10.9 Å². The van der Waals surface area contributed by atoms with Crippen LogP contribution in [0.15, 0.2) is 54.7 Å². The van der Waals surface area contributed by atoms with E-state index in [9.17, 15) is 4.79 Å². The van der Waals surface area contributed by atoms with Gasteiger partial charge in [-0.3, -0.25) is 9.88 Å². The second-order valence-corrected chi connectivity index (χ2v) is 7.66. The number of benzene rings is 2. The zero-order valence-corrected chi connectivity index (χ0v) is 17.8. The Labute approximate surface area is 178 Å². The Kier molecular flexibility index (Phi) is 6.29. The van der Waals surface area contributed by atoms with E-state index in [0.717, 1.165) is 55.7 Å². The molecule has 2 aromatic carbocycles. The third kappa shape index (κ3) is 4.17. The number of esters is 1. The topological polar surface area (TPSA) is 45.7 Å². The first-order chi connectivity index (χ1) is 14.7. The first kappa shape index (κ1) is 20.4. The molecule has 30 heavy (non-hydrogen) atoms. The lowest BCUT2D eigenvalue weighted by Gasteiger charge is -2.37. The summed E-state index contributed by atoms with van der Waals surface area (Å²) in [5.74, 6) is -0.296. The molecular weight excluding hydrogens is 374 g/mol. The molecule has 4 rings (SSSR count). The van der Waals surface area contributed by atoms with Crippen LogP contribution in [0.5, 0.6) is 0 Å². The van der Waals surface area contributed by atoms with Crippen molar-refractivity contribution in [1.29, 1.82) is 0 Å². The third-order valence-corrected chi connectivity index (χ3v) is 5.77. The van der Waals surface area contributed by atoms with E-state index in [-0.39, 0.29) is 5.97 Å². The number of nitrogens with zero attached hydrogens (tertiary/aromatic N) is 3. The molecule has 0 aliphatic carbocycles. The number of aromatic nitrogens is 1. The lowest BCUT2D eigenvalue weighted by Crippen LogP contribution is -2.46. The normalized spacial score (nSPS) is 14.8. The summed E-state index contributed by atoms with van der Waals surface area (Å²) < 4.78 is 5.35. The Morgan fingerprint density at radius 3 is 2.47 bits per heavy atom. The van der Waals surface area contributed by atoms with Gasteiger partial charge in [0.15, 0.2) is 0 Å². The van der Waals surface area contributed by atoms with Gasteiger partial charge in [-0.2, -0.15) is 0 Å². The van der Waals surface area contributed by atoms with Crippen molar-refractivity contribution in [2.75, 3.05) is 37.7 Å². The summed E-state index contributed by atoms with van der Waals surface area (Å²) in [5.41, 5.74) is 5.05. The average molecular weight is 404 g/mol. The lowest BCUT2D eigenvalue weighted by atomic mass is 10.0. The number of carbonyl (C=O) groups is 1. The Balaban J connectivity index is 1.63. The summed E-state index contributed by atoms with van der Waals surface area (Å²) in [6.45, 7) is 8.93. The summed E-state index contributed by atoms with van der Waals surface area (Å²) in [6, 6.07) is 16.8. The van der Waals surface area contributed by atoms with Gasteiger partial charge in [0, 0.05) is 44.3 Å². The standard InChI is InChI=1S/C25H29N3O2/c1-3-20-11-8-12-21-23(20)26-17-22(25(29)30-4-2)24(21)28-15-13-27(14-16-28)18-19-9-6-5-7-10-19/h5-12,17H,3-4,13-16,18H2,1-2H3. The number of hydrogen-bond acceptors (Lipinski definition) is 5. The fourth-order valence-electron chi connectivity index (χ4n) is 4.23. The molecule has 1 fully saturated rings. The van der Waals surface area contributed by atoms with Gasteiger partial charge in [0.05, 0.1) is 17.8 Å². The van der Waals surface area contributed by atoms with Crippen molar-refractivity contribution in [3.05, 3.63) is 71.4 Å². The van der Waals surface area contributed by atoms with Crippen LogP contribution in [0.4, 0.5) is 5.69 Å². The van der Waals surface area contributed by atoms with Crippen molar-refractivity contribution in [1.82, 2.24) is 9.88 Å². The summed E-state index contributed by atoms with van der Waals surface area (Å²) in [6.07, 6.45) is 2.61. The third-order valence-electron chi connectivity index (χ3n) is 5.77. The molecule has 5 heteroatoms. The summed E-state index contributed by atoms with van der Waals surface area (Å²) in [5, 5.41) is 1.04. The molecule has 1 aliphatic rings. The minimum Gasteiger partial charge on any atom is -0.462 e. The van der Waals surface area contributed by atoms with Gasteiger partial charge in [-0.15, -0.1) is 0 Å². The molecule has 0 bridgehead atoms. The van der Waals surface area contributed by atoms with Crippen molar-refractivity contribution < 1.29 is 9.53 Å². The first-order valence-electron chi connectivity index (χ1n) is 10.8. The molecule has 2 heterocycles. The summed E-state index contributed by atoms with van der Waals surface area (Å²) in [7, 11) is 0. The molecule has 0 saturated carbocycles. The Bertz CT molecular complexity index is 1010. The van der Waals surface area contributed by atoms with Crippen LogP contribution < -0.4 is 4.90 Å². The first-order valence-corrected chi connectivity index (χ1v) is 10.8. The van der Waals surface area contributed by atoms with Crippen LogP contribution in [0, 0.1) is 0 Å². The molecule has 0 N–H and O–H groups in total. The maximum absolute atomic E-state index is 12.7. The SMILES string of the molecule is CCOC(=O)c1cnc2c(CC)cccc2c1N1CCN(Cc2ccccc2)CC1. The van der Waals surface area contributed by atoms with Gasteiger partial charge in [-0.05, 0) is 24.5 Å². The van der Waals surface area contributed by atoms with Crippen LogP contribution >= 0.6 is 0 Å². The van der Waals surface area contributed by atoms with Crippen LogP contribution in [0.2, 0.25) is 0 Å². The molecule has 0 atom stereocenters. The van der Waals surface area contributed by atoms with Crippen molar-refractivity contribution in [2.45, 2.75) is 26.8 Å². The molecule has 1 aliphatic heterocycles. The predicted molar refractivity (Wildman–Crippen MR) is 121 cm³/mol. The van der Waals surface area contributed by atoms with E-state index in [2.05, 4.69) is 70.2 Å². The van der Waals surface area contributed by atoms with Crippen molar-refractivity contribution in [2.24, 2.45) is 0 Å². The van der Waals surface area contributed by atoms with Crippen molar-refractivity contribution in [3.63, 3.8) is 0 Å². The van der Waals surface area contributed by atoms with Crippen LogP contribution in [-0.2, 0) is 17.7 Å². The number of anilines is 1. The van der Waals surface area contributed by atoms with E-state index >= 15 is 0 Å². The van der Waals surface area contributed by atoms with Gasteiger partial charge in [-0.25, -0.2) is 4.79 Å². The fourth-order valence-corrected chi connectivity index (χ4v) is 4.23. The highest BCUT2D eigenvalue weighted by Gasteiger charge is 2.25. The second-order valence-electron chi connectivity index (χ2n) is 7.66. The summed E-state index contributed by atoms with van der Waals surface area (Å²) in [4.78, 5) is 22.2. The van der Waals surface area contributed by atoms with Gasteiger partial charge in [0.25, 0.3) is 0 Å². The van der Waals surface area contributed by atoms with Crippen molar-refractivity contribution >= 4 is 22.6 Å². The van der Waals surface area contributed by atoms with E-state index in [0.29, 0.717) is 12.2 Å². The number of ether oxygens (including phenoxy) is 1. The maximum Gasteiger partial charge on any atom is 0.341 e. The maximum atomic E-state index is 12.7. The monoisotopic (exact) mass is 403 g/mol. The van der Waals surface area contributed by atoms with Gasteiger partial charge in [0.2, 0.25) is 0 Å². The molecule has 0 radical (unpaired) electrons. The Morgan fingerprint density at radius 2 is 1.77 bits per heavy atom. The largest absolute Gasteiger partial charge is 0.462 e. The highest BCUT2D eigenvalue weighted by Crippen LogP contribution is 2.33. The molecule has 0 spiro atoms.